The van der Waals surface area contributed by atoms with Crippen LogP contribution in [0.3, 0.4) is 0 Å². The van der Waals surface area contributed by atoms with Crippen LogP contribution in [0.4, 0.5) is 0 Å². The van der Waals surface area contributed by atoms with Crippen molar-refractivity contribution in [1.29, 1.82) is 0 Å². The number of hydrogen-bond donors (Lipinski definition) is 2. The first-order valence-electron chi connectivity index (χ1n) is 9.73. The molecule has 3 heterocycles. The van der Waals surface area contributed by atoms with Gasteiger partial charge in [-0.1, -0.05) is 31.6 Å². The summed E-state index contributed by atoms with van der Waals surface area (Å²) in [7, 11) is 0. The van der Waals surface area contributed by atoms with Gasteiger partial charge in [-0.2, -0.15) is 0 Å². The number of nitrogens with one attached hydrogen (secondary N) is 1. The summed E-state index contributed by atoms with van der Waals surface area (Å²) in [4.78, 5) is 35.6. The Morgan fingerprint density at radius 2 is 2.00 bits per heavy atom. The van der Waals surface area contributed by atoms with Gasteiger partial charge < -0.3 is 19.9 Å². The summed E-state index contributed by atoms with van der Waals surface area (Å²) < 4.78 is 12.2. The largest absolute Gasteiger partial charge is 0.507 e. The van der Waals surface area contributed by atoms with Crippen molar-refractivity contribution in [2.75, 3.05) is 6.54 Å². The smallest absolute Gasteiger partial charge is 0.259 e. The molecule has 2 fully saturated rings. The third kappa shape index (κ3) is 3.97. The van der Waals surface area contributed by atoms with Gasteiger partial charge in [0.1, 0.15) is 17.4 Å². The number of aliphatic hydroxyl groups is 1. The van der Waals surface area contributed by atoms with Crippen LogP contribution < -0.4 is 5.32 Å². The highest BCUT2D eigenvalue weighted by Gasteiger charge is 2.50. The van der Waals surface area contributed by atoms with E-state index in [4.69, 9.17) is 9.47 Å². The summed E-state index contributed by atoms with van der Waals surface area (Å²) in [6, 6.07) is 0. The second-order valence-corrected chi connectivity index (χ2v) is 8.12. The molecule has 0 saturated carbocycles. The zero-order valence-electron chi connectivity index (χ0n) is 17.3. The molecule has 0 unspecified atom stereocenters. The fourth-order valence-electron chi connectivity index (χ4n) is 4.01. The van der Waals surface area contributed by atoms with Crippen LogP contribution in [-0.2, 0) is 23.9 Å². The van der Waals surface area contributed by atoms with E-state index in [1.165, 1.54) is 6.08 Å². The van der Waals surface area contributed by atoms with Crippen molar-refractivity contribution in [3.63, 3.8) is 0 Å². The Morgan fingerprint density at radius 1 is 1.31 bits per heavy atom. The summed E-state index contributed by atoms with van der Waals surface area (Å²) in [5, 5.41) is 12.4. The minimum absolute atomic E-state index is 0.0368. The Bertz CT molecular complexity index is 862. The van der Waals surface area contributed by atoms with Gasteiger partial charge in [0.05, 0.1) is 12.6 Å². The Balaban J connectivity index is 1.77. The first-order valence-corrected chi connectivity index (χ1v) is 9.73. The van der Waals surface area contributed by atoms with Crippen molar-refractivity contribution in [1.82, 2.24) is 5.32 Å². The summed E-state index contributed by atoms with van der Waals surface area (Å²) in [6.07, 6.45) is 5.79. The number of carbonyl (C=O) groups is 3. The number of hydrogen-bond acceptors (Lipinski definition) is 6. The van der Waals surface area contributed by atoms with E-state index in [0.29, 0.717) is 0 Å². The Hall–Kier alpha value is -2.51. The van der Waals surface area contributed by atoms with Gasteiger partial charge in [-0.25, -0.2) is 0 Å². The van der Waals surface area contributed by atoms with Crippen LogP contribution in [0.15, 0.2) is 46.8 Å². The predicted molar refractivity (Wildman–Crippen MR) is 106 cm³/mol. The zero-order chi connectivity index (χ0) is 21.5. The molecule has 3 aliphatic heterocycles. The molecule has 0 aliphatic carbocycles. The molecular weight excluding hydrogens is 374 g/mol. The molecule has 5 atom stereocenters. The highest BCUT2D eigenvalue weighted by molar-refractivity contribution is 6.25. The predicted octanol–water partition coefficient (Wildman–Crippen LogP) is 2.30. The number of aliphatic hydroxyl groups excluding tert-OH is 1. The number of ketones is 2. The van der Waals surface area contributed by atoms with Gasteiger partial charge in [-0.15, -0.1) is 0 Å². The van der Waals surface area contributed by atoms with E-state index in [0.717, 1.165) is 11.1 Å². The zero-order valence-corrected chi connectivity index (χ0v) is 17.3. The number of fused-ring (bicyclic) bond motifs is 2. The van der Waals surface area contributed by atoms with Crippen LogP contribution in [0.2, 0.25) is 0 Å². The van der Waals surface area contributed by atoms with Crippen molar-refractivity contribution in [2.45, 2.75) is 52.6 Å². The van der Waals surface area contributed by atoms with Gasteiger partial charge in [0.15, 0.2) is 17.4 Å². The number of allylic oxidation sites excluding steroid dienone is 3. The van der Waals surface area contributed by atoms with Crippen LogP contribution in [0.25, 0.3) is 0 Å². The molecule has 2 N–H and O–H groups in total. The van der Waals surface area contributed by atoms with E-state index < -0.39 is 23.6 Å². The summed E-state index contributed by atoms with van der Waals surface area (Å²) >= 11 is 0. The summed E-state index contributed by atoms with van der Waals surface area (Å²) in [5.41, 5.74) is 1.36. The molecule has 0 aromatic rings. The standard InChI is InChI=1S/C22H27NO6/c1-11(6-7-15(24)18-17(26)10-23-21(18)27)8-12(2)19-14(4)20-16(25)9-13(3)22(5,28-19)29-20/h6-9,12,14,19-20,24H,10H2,1-5H3,(H,23,27)/b7-6+,11-8?,18-15+/t12-,14-,19-,20+,22+/m1/s1. The van der Waals surface area contributed by atoms with E-state index in [1.54, 1.807) is 12.2 Å². The molecular formula is C22H27NO6. The van der Waals surface area contributed by atoms with Gasteiger partial charge in [0, 0.05) is 11.8 Å². The van der Waals surface area contributed by atoms with E-state index in [1.807, 2.05) is 40.7 Å². The molecule has 2 bridgehead atoms. The molecule has 0 radical (unpaired) electrons. The second kappa shape index (κ2) is 7.72. The van der Waals surface area contributed by atoms with Gasteiger partial charge in [0.2, 0.25) is 0 Å². The van der Waals surface area contributed by atoms with Gasteiger partial charge >= 0.3 is 0 Å². The minimum Gasteiger partial charge on any atom is -0.507 e. The van der Waals surface area contributed by atoms with E-state index in [-0.39, 0.29) is 41.6 Å². The Labute approximate surface area is 170 Å². The summed E-state index contributed by atoms with van der Waals surface area (Å²) in [5.74, 6) is -2.46. The van der Waals surface area contributed by atoms with Gasteiger partial charge in [0.25, 0.3) is 5.91 Å². The van der Waals surface area contributed by atoms with Gasteiger partial charge in [-0.3, -0.25) is 14.4 Å². The van der Waals surface area contributed by atoms with Crippen LogP contribution >= 0.6 is 0 Å². The molecule has 0 spiro atoms. The Morgan fingerprint density at radius 3 is 2.62 bits per heavy atom. The molecule has 7 nitrogen and oxygen atoms in total. The molecule has 1 amide bonds. The monoisotopic (exact) mass is 401 g/mol. The lowest BCUT2D eigenvalue weighted by Gasteiger charge is -2.49. The molecule has 3 rings (SSSR count). The first kappa shape index (κ1) is 21.2. The topological polar surface area (TPSA) is 102 Å². The summed E-state index contributed by atoms with van der Waals surface area (Å²) in [6.45, 7) is 9.35. The lowest BCUT2D eigenvalue weighted by molar-refractivity contribution is -0.309. The second-order valence-electron chi connectivity index (χ2n) is 8.12. The van der Waals surface area contributed by atoms with Crippen LogP contribution in [0.5, 0.6) is 0 Å². The third-order valence-electron chi connectivity index (χ3n) is 5.78. The lowest BCUT2D eigenvalue weighted by atomic mass is 9.82. The maximum atomic E-state index is 12.3. The SMILES string of the molecule is CC(=C[C@@H](C)[C@H]1O[C@@]2(C)O[C@H](C(=O)C=C2C)[C@@H]1C)/C=C/C(O)=C1/C(=O)CNC1=O. The molecule has 0 aromatic carbocycles. The Kier molecular flexibility index (Phi) is 5.65. The fraction of sp³-hybridized carbons (Fsp3) is 0.500. The van der Waals surface area contributed by atoms with Crippen LogP contribution in [0, 0.1) is 11.8 Å². The van der Waals surface area contributed by atoms with Gasteiger partial charge in [-0.05, 0) is 38.5 Å². The van der Waals surface area contributed by atoms with Crippen molar-refractivity contribution in [3.8, 4) is 0 Å². The molecule has 29 heavy (non-hydrogen) atoms. The lowest BCUT2D eigenvalue weighted by Crippen LogP contribution is -2.58. The van der Waals surface area contributed by atoms with Crippen molar-refractivity contribution < 1.29 is 29.0 Å². The number of carbonyl (C=O) groups excluding carboxylic acids is 3. The number of Topliss-reactive ketones (excluding diaryl/α,β-unsaturated/α-hetero) is 1. The third-order valence-corrected chi connectivity index (χ3v) is 5.78. The maximum Gasteiger partial charge on any atom is 0.259 e. The highest BCUT2D eigenvalue weighted by Crippen LogP contribution is 2.42. The fourth-order valence-corrected chi connectivity index (χ4v) is 4.01. The molecule has 0 aromatic heterocycles. The molecule has 3 aliphatic rings. The van der Waals surface area contributed by atoms with E-state index in [9.17, 15) is 19.5 Å². The number of rotatable bonds is 4. The molecule has 156 valence electrons. The van der Waals surface area contributed by atoms with Crippen molar-refractivity contribution in [3.05, 3.63) is 46.8 Å². The van der Waals surface area contributed by atoms with Crippen LogP contribution in [-0.4, -0.2) is 47.1 Å². The van der Waals surface area contributed by atoms with Crippen molar-refractivity contribution >= 4 is 17.5 Å². The minimum atomic E-state index is -0.916. The van der Waals surface area contributed by atoms with E-state index >= 15 is 0 Å². The maximum absolute atomic E-state index is 12.3. The van der Waals surface area contributed by atoms with Crippen LogP contribution in [0.1, 0.15) is 34.6 Å². The normalized spacial score (nSPS) is 35.6. The average molecular weight is 401 g/mol. The average Bonchev–Trinajstić information content (AvgIpc) is 2.98. The quantitative estimate of drug-likeness (QED) is 0.324. The molecule has 7 heteroatoms. The molecule has 2 saturated heterocycles. The highest BCUT2D eigenvalue weighted by atomic mass is 16.7. The number of ether oxygens (including phenoxy) is 2. The first-order chi connectivity index (χ1) is 13.5. The number of amides is 1. The van der Waals surface area contributed by atoms with E-state index in [2.05, 4.69) is 5.32 Å². The van der Waals surface area contributed by atoms with Crippen molar-refractivity contribution in [2.24, 2.45) is 11.8 Å².